The van der Waals surface area contributed by atoms with Crippen LogP contribution in [0, 0.1) is 6.92 Å². The molecule has 9 nitrogen and oxygen atoms in total. The first-order chi connectivity index (χ1) is 13.3. The van der Waals surface area contributed by atoms with E-state index in [-0.39, 0.29) is 27.1 Å². The van der Waals surface area contributed by atoms with E-state index in [1.807, 2.05) is 11.5 Å². The Hall–Kier alpha value is -2.40. The Bertz CT molecular complexity index is 890. The minimum Gasteiger partial charge on any atom is -0.465 e. The van der Waals surface area contributed by atoms with Gasteiger partial charge in [-0.2, -0.15) is 0 Å². The molecule has 0 saturated carbocycles. The van der Waals surface area contributed by atoms with E-state index < -0.39 is 11.9 Å². The highest BCUT2D eigenvalue weighted by molar-refractivity contribution is 7.99. The zero-order valence-electron chi connectivity index (χ0n) is 16.2. The summed E-state index contributed by atoms with van der Waals surface area (Å²) < 4.78 is 6.76. The molecule has 0 fully saturated rings. The zero-order chi connectivity index (χ0) is 20.8. The zero-order valence-corrected chi connectivity index (χ0v) is 17.8. The van der Waals surface area contributed by atoms with E-state index in [0.29, 0.717) is 10.7 Å². The molecule has 2 aromatic heterocycles. The molecule has 2 amide bonds. The van der Waals surface area contributed by atoms with Gasteiger partial charge in [0.25, 0.3) is 5.91 Å². The minimum absolute atomic E-state index is 0.0784. The summed E-state index contributed by atoms with van der Waals surface area (Å²) in [4.78, 5) is 36.3. The van der Waals surface area contributed by atoms with Gasteiger partial charge in [0.1, 0.15) is 10.8 Å². The molecule has 2 aromatic rings. The number of nitrogens with zero attached hydrogens (tertiary/aromatic N) is 3. The molecule has 0 bridgehead atoms. The Morgan fingerprint density at radius 2 is 2.00 bits per heavy atom. The predicted molar refractivity (Wildman–Crippen MR) is 108 cm³/mol. The number of ether oxygens (including phenoxy) is 1. The number of nitrogens with two attached hydrogens (primary N) is 1. The largest absolute Gasteiger partial charge is 0.465 e. The first-order valence-corrected chi connectivity index (χ1v) is 10.5. The van der Waals surface area contributed by atoms with Crippen LogP contribution in [0.5, 0.6) is 0 Å². The van der Waals surface area contributed by atoms with Gasteiger partial charge in [-0.25, -0.2) is 4.79 Å². The van der Waals surface area contributed by atoms with Crippen molar-refractivity contribution in [1.29, 1.82) is 0 Å². The number of thiophene rings is 1. The molecule has 0 spiro atoms. The van der Waals surface area contributed by atoms with E-state index in [4.69, 9.17) is 10.5 Å². The second-order valence-electron chi connectivity index (χ2n) is 5.86. The molecule has 28 heavy (non-hydrogen) atoms. The predicted octanol–water partition coefficient (Wildman–Crippen LogP) is 2.24. The first-order valence-electron chi connectivity index (χ1n) is 8.70. The van der Waals surface area contributed by atoms with Crippen LogP contribution >= 0.6 is 23.1 Å². The van der Waals surface area contributed by atoms with Gasteiger partial charge in [0, 0.05) is 13.0 Å². The Morgan fingerprint density at radius 3 is 2.57 bits per heavy atom. The van der Waals surface area contributed by atoms with Crippen LogP contribution in [-0.2, 0) is 22.5 Å². The van der Waals surface area contributed by atoms with Gasteiger partial charge in [0.15, 0.2) is 5.16 Å². The van der Waals surface area contributed by atoms with E-state index >= 15 is 0 Å². The summed E-state index contributed by atoms with van der Waals surface area (Å²) in [6, 6.07) is 0. The second kappa shape index (κ2) is 9.69. The maximum Gasteiger partial charge on any atom is 0.341 e. The molecule has 11 heteroatoms. The number of rotatable bonds is 9. The summed E-state index contributed by atoms with van der Waals surface area (Å²) in [5, 5.41) is 11.9. The van der Waals surface area contributed by atoms with Crippen molar-refractivity contribution in [1.82, 2.24) is 14.8 Å². The minimum atomic E-state index is -0.665. The summed E-state index contributed by atoms with van der Waals surface area (Å²) in [5.74, 6) is -0.689. The fourth-order valence-electron chi connectivity index (χ4n) is 2.61. The molecule has 0 aromatic carbocycles. The summed E-state index contributed by atoms with van der Waals surface area (Å²) in [6.07, 6.45) is 1.68. The number of esters is 1. The standard InChI is InChI=1S/C17H23N5O4S2/c1-5-7-22-10(6-2)20-21-17(22)27-8-11(23)19-15-12(16(25)26-4)9(3)13(28-15)14(18)24/h5-8H2,1-4H3,(H2,18,24)(H,19,23). The van der Waals surface area contributed by atoms with E-state index in [1.54, 1.807) is 6.92 Å². The van der Waals surface area contributed by atoms with Gasteiger partial charge < -0.3 is 20.4 Å². The number of carbonyl (C=O) groups is 3. The molecule has 0 atom stereocenters. The molecular formula is C17H23N5O4S2. The van der Waals surface area contributed by atoms with Crippen LogP contribution in [-0.4, -0.2) is 45.4 Å². The molecule has 0 aliphatic rings. The van der Waals surface area contributed by atoms with Crippen molar-refractivity contribution in [2.75, 3.05) is 18.2 Å². The lowest BCUT2D eigenvalue weighted by Gasteiger charge is -2.08. The number of thioether (sulfide) groups is 1. The van der Waals surface area contributed by atoms with Crippen molar-refractivity contribution in [3.8, 4) is 0 Å². The van der Waals surface area contributed by atoms with E-state index in [0.717, 1.165) is 36.5 Å². The average molecular weight is 426 g/mol. The highest BCUT2D eigenvalue weighted by Gasteiger charge is 2.25. The van der Waals surface area contributed by atoms with Crippen LogP contribution in [0.1, 0.15) is 51.7 Å². The van der Waals surface area contributed by atoms with Gasteiger partial charge in [0.05, 0.1) is 23.3 Å². The van der Waals surface area contributed by atoms with Gasteiger partial charge in [0.2, 0.25) is 5.91 Å². The topological polar surface area (TPSA) is 129 Å². The number of aryl methyl sites for hydroxylation is 1. The van der Waals surface area contributed by atoms with Crippen LogP contribution in [0.3, 0.4) is 0 Å². The number of nitrogens with one attached hydrogen (secondary N) is 1. The van der Waals surface area contributed by atoms with E-state index in [1.165, 1.54) is 18.9 Å². The van der Waals surface area contributed by atoms with Crippen LogP contribution < -0.4 is 11.1 Å². The van der Waals surface area contributed by atoms with Gasteiger partial charge in [-0.05, 0) is 18.9 Å². The highest BCUT2D eigenvalue weighted by atomic mass is 32.2. The number of primary amides is 1. The van der Waals surface area contributed by atoms with Gasteiger partial charge >= 0.3 is 5.97 Å². The Balaban J connectivity index is 2.16. The van der Waals surface area contributed by atoms with Crippen molar-refractivity contribution in [3.63, 3.8) is 0 Å². The molecule has 2 heterocycles. The van der Waals surface area contributed by atoms with Crippen molar-refractivity contribution in [3.05, 3.63) is 21.8 Å². The van der Waals surface area contributed by atoms with E-state index in [9.17, 15) is 14.4 Å². The maximum atomic E-state index is 12.4. The molecular weight excluding hydrogens is 402 g/mol. The number of methoxy groups -OCH3 is 1. The molecule has 0 aliphatic heterocycles. The lowest BCUT2D eigenvalue weighted by Crippen LogP contribution is -2.16. The molecule has 2 rings (SSSR count). The van der Waals surface area contributed by atoms with Gasteiger partial charge in [-0.1, -0.05) is 25.6 Å². The van der Waals surface area contributed by atoms with Crippen molar-refractivity contribution in [2.45, 2.75) is 45.3 Å². The maximum absolute atomic E-state index is 12.4. The average Bonchev–Trinajstić information content (AvgIpc) is 3.20. The summed E-state index contributed by atoms with van der Waals surface area (Å²) in [7, 11) is 1.23. The fraction of sp³-hybridized carbons (Fsp3) is 0.471. The second-order valence-corrected chi connectivity index (χ2v) is 7.82. The van der Waals surface area contributed by atoms with Crippen molar-refractivity contribution in [2.24, 2.45) is 5.73 Å². The number of anilines is 1. The third-order valence-corrected chi connectivity index (χ3v) is 6.09. The number of aromatic nitrogens is 3. The first kappa shape index (κ1) is 21.9. The summed E-state index contributed by atoms with van der Waals surface area (Å²) in [5.41, 5.74) is 5.88. The lowest BCUT2D eigenvalue weighted by molar-refractivity contribution is -0.113. The van der Waals surface area contributed by atoms with Crippen LogP contribution in [0.25, 0.3) is 0 Å². The summed E-state index contributed by atoms with van der Waals surface area (Å²) >= 11 is 2.22. The van der Waals surface area contributed by atoms with Crippen LogP contribution in [0.15, 0.2) is 5.16 Å². The number of hydrogen-bond acceptors (Lipinski definition) is 8. The molecule has 0 saturated heterocycles. The number of amides is 2. The number of carbonyl (C=O) groups excluding carboxylic acids is 3. The van der Waals surface area contributed by atoms with Crippen molar-refractivity contribution >= 4 is 45.9 Å². The molecule has 0 radical (unpaired) electrons. The molecule has 3 N–H and O–H groups in total. The molecule has 0 unspecified atom stereocenters. The quantitative estimate of drug-likeness (QED) is 0.465. The SMILES string of the molecule is CCCn1c(CC)nnc1SCC(=O)Nc1sc(C(N)=O)c(C)c1C(=O)OC. The molecule has 152 valence electrons. The monoisotopic (exact) mass is 425 g/mol. The number of hydrogen-bond donors (Lipinski definition) is 2. The smallest absolute Gasteiger partial charge is 0.341 e. The molecule has 0 aliphatic carbocycles. The van der Waals surface area contributed by atoms with Gasteiger partial charge in [-0.15, -0.1) is 21.5 Å². The Labute approximate surface area is 171 Å². The van der Waals surface area contributed by atoms with Gasteiger partial charge in [-0.3, -0.25) is 9.59 Å². The Kier molecular flexibility index (Phi) is 7.58. The summed E-state index contributed by atoms with van der Waals surface area (Å²) in [6.45, 7) is 6.43. The highest BCUT2D eigenvalue weighted by Crippen LogP contribution is 2.33. The lowest BCUT2D eigenvalue weighted by atomic mass is 10.1. The Morgan fingerprint density at radius 1 is 1.29 bits per heavy atom. The van der Waals surface area contributed by atoms with Crippen LogP contribution in [0.2, 0.25) is 0 Å². The third kappa shape index (κ3) is 4.71. The van der Waals surface area contributed by atoms with Crippen LogP contribution in [0.4, 0.5) is 5.00 Å². The third-order valence-electron chi connectivity index (χ3n) is 3.90. The van der Waals surface area contributed by atoms with Crippen molar-refractivity contribution < 1.29 is 19.1 Å². The fourth-order valence-corrected chi connectivity index (χ4v) is 4.46. The van der Waals surface area contributed by atoms with E-state index in [2.05, 4.69) is 22.4 Å². The normalized spacial score (nSPS) is 10.7.